The standard InChI is InChI=1S/C24H36N4O2S.HI/c1-3-25-24(26-12-9-23-8-5-17-31-23)27-19-20-6-4-7-22(18-20)30-16-13-28(2)21-10-14-29-15-11-21;/h4-8,17-18,21H,3,9-16,19H2,1-2H3,(H2,25,26,27);1H. The van der Waals surface area contributed by atoms with E-state index in [0.29, 0.717) is 19.2 Å². The molecule has 1 aliphatic rings. The Kier molecular flexibility index (Phi) is 13.0. The van der Waals surface area contributed by atoms with Crippen LogP contribution in [0.5, 0.6) is 5.75 Å². The first kappa shape index (κ1) is 26.9. The lowest BCUT2D eigenvalue weighted by atomic mass is 10.1. The lowest BCUT2D eigenvalue weighted by molar-refractivity contribution is 0.0392. The molecular weight excluding hydrogens is 535 g/mol. The Morgan fingerprint density at radius 1 is 1.22 bits per heavy atom. The molecule has 2 aromatic rings. The Hall–Kier alpha value is -1.36. The zero-order chi connectivity index (χ0) is 21.7. The minimum atomic E-state index is 0. The summed E-state index contributed by atoms with van der Waals surface area (Å²) in [5.74, 6) is 1.76. The fourth-order valence-electron chi connectivity index (χ4n) is 3.62. The van der Waals surface area contributed by atoms with Crippen LogP contribution in [0, 0.1) is 0 Å². The number of nitrogens with one attached hydrogen (secondary N) is 2. The Balaban J connectivity index is 0.00000363. The number of thiophene rings is 1. The summed E-state index contributed by atoms with van der Waals surface area (Å²) in [4.78, 5) is 8.51. The van der Waals surface area contributed by atoms with Crippen LogP contribution in [-0.2, 0) is 17.7 Å². The fourth-order valence-corrected chi connectivity index (χ4v) is 4.33. The molecule has 1 aromatic carbocycles. The summed E-state index contributed by atoms with van der Waals surface area (Å²) in [5, 5.41) is 8.86. The molecule has 0 atom stereocenters. The van der Waals surface area contributed by atoms with Gasteiger partial charge in [-0.05, 0) is 62.4 Å². The van der Waals surface area contributed by atoms with Gasteiger partial charge in [-0.1, -0.05) is 18.2 Å². The van der Waals surface area contributed by atoms with Gasteiger partial charge in [-0.15, -0.1) is 35.3 Å². The van der Waals surface area contributed by atoms with Crippen molar-refractivity contribution in [2.45, 2.75) is 38.8 Å². The van der Waals surface area contributed by atoms with Gasteiger partial charge in [0.1, 0.15) is 12.4 Å². The highest BCUT2D eigenvalue weighted by Gasteiger charge is 2.17. The monoisotopic (exact) mass is 572 g/mol. The summed E-state index contributed by atoms with van der Waals surface area (Å²) in [7, 11) is 2.18. The fraction of sp³-hybridized carbons (Fsp3) is 0.542. The Labute approximate surface area is 213 Å². The molecule has 2 N–H and O–H groups in total. The summed E-state index contributed by atoms with van der Waals surface area (Å²) in [5.41, 5.74) is 1.14. The van der Waals surface area contributed by atoms with Gasteiger partial charge >= 0.3 is 0 Å². The van der Waals surface area contributed by atoms with E-state index in [0.717, 1.165) is 69.4 Å². The zero-order valence-electron chi connectivity index (χ0n) is 19.2. The smallest absolute Gasteiger partial charge is 0.191 e. The number of halogens is 1. The maximum absolute atomic E-state index is 6.02. The molecule has 0 aliphatic carbocycles. The first-order chi connectivity index (χ1) is 15.2. The molecule has 2 heterocycles. The maximum atomic E-state index is 6.02. The molecule has 1 fully saturated rings. The minimum Gasteiger partial charge on any atom is -0.492 e. The average Bonchev–Trinajstić information content (AvgIpc) is 3.32. The van der Waals surface area contributed by atoms with Gasteiger partial charge in [-0.3, -0.25) is 4.90 Å². The van der Waals surface area contributed by atoms with Crippen molar-refractivity contribution in [3.05, 3.63) is 52.2 Å². The maximum Gasteiger partial charge on any atom is 0.191 e. The summed E-state index contributed by atoms with van der Waals surface area (Å²) in [6.07, 6.45) is 3.23. The van der Waals surface area contributed by atoms with Crippen molar-refractivity contribution in [1.29, 1.82) is 0 Å². The first-order valence-electron chi connectivity index (χ1n) is 11.3. The van der Waals surface area contributed by atoms with Gasteiger partial charge < -0.3 is 20.1 Å². The molecule has 3 rings (SSSR count). The highest BCUT2D eigenvalue weighted by atomic mass is 127. The molecule has 0 amide bonds. The second-order valence-electron chi connectivity index (χ2n) is 7.77. The molecule has 1 aliphatic heterocycles. The number of benzene rings is 1. The molecule has 1 aromatic heterocycles. The number of guanidine groups is 1. The summed E-state index contributed by atoms with van der Waals surface area (Å²) >= 11 is 1.79. The second kappa shape index (κ2) is 15.5. The molecule has 32 heavy (non-hydrogen) atoms. The highest BCUT2D eigenvalue weighted by molar-refractivity contribution is 14.0. The van der Waals surface area contributed by atoms with Crippen molar-refractivity contribution in [2.24, 2.45) is 4.99 Å². The van der Waals surface area contributed by atoms with E-state index in [9.17, 15) is 0 Å². The van der Waals surface area contributed by atoms with E-state index < -0.39 is 0 Å². The molecule has 0 saturated carbocycles. The summed E-state index contributed by atoms with van der Waals surface area (Å²) in [6, 6.07) is 13.1. The average molecular weight is 573 g/mol. The number of nitrogens with zero attached hydrogens (tertiary/aromatic N) is 2. The van der Waals surface area contributed by atoms with E-state index in [-0.39, 0.29) is 24.0 Å². The molecular formula is C24H37IN4O2S. The van der Waals surface area contributed by atoms with E-state index in [4.69, 9.17) is 14.5 Å². The van der Waals surface area contributed by atoms with Crippen LogP contribution in [-0.4, -0.2) is 63.4 Å². The van der Waals surface area contributed by atoms with Crippen molar-refractivity contribution >= 4 is 41.3 Å². The van der Waals surface area contributed by atoms with Gasteiger partial charge in [0.2, 0.25) is 0 Å². The van der Waals surface area contributed by atoms with Crippen LogP contribution in [0.25, 0.3) is 0 Å². The molecule has 0 spiro atoms. The molecule has 6 nitrogen and oxygen atoms in total. The second-order valence-corrected chi connectivity index (χ2v) is 8.80. The first-order valence-corrected chi connectivity index (χ1v) is 12.2. The number of aliphatic imine (C=N–C) groups is 1. The molecule has 8 heteroatoms. The van der Waals surface area contributed by atoms with Gasteiger partial charge in [-0.2, -0.15) is 0 Å². The number of rotatable bonds is 11. The van der Waals surface area contributed by atoms with Crippen LogP contribution in [0.3, 0.4) is 0 Å². The van der Waals surface area contributed by atoms with Crippen LogP contribution in [0.15, 0.2) is 46.8 Å². The van der Waals surface area contributed by atoms with Gasteiger partial charge in [0, 0.05) is 43.8 Å². The van der Waals surface area contributed by atoms with E-state index in [2.05, 4.69) is 59.2 Å². The van der Waals surface area contributed by atoms with Gasteiger partial charge in [0.15, 0.2) is 5.96 Å². The van der Waals surface area contributed by atoms with E-state index in [1.54, 1.807) is 11.3 Å². The number of hydrogen-bond donors (Lipinski definition) is 2. The normalized spacial score (nSPS) is 14.8. The van der Waals surface area contributed by atoms with Crippen molar-refractivity contribution in [3.63, 3.8) is 0 Å². The molecule has 0 bridgehead atoms. The summed E-state index contributed by atoms with van der Waals surface area (Å²) in [6.45, 7) is 7.77. The van der Waals surface area contributed by atoms with Crippen molar-refractivity contribution in [2.75, 3.05) is 46.5 Å². The third kappa shape index (κ3) is 9.64. The Morgan fingerprint density at radius 3 is 2.81 bits per heavy atom. The Bertz CT molecular complexity index is 782. The van der Waals surface area contributed by atoms with Crippen LogP contribution < -0.4 is 15.4 Å². The lowest BCUT2D eigenvalue weighted by Crippen LogP contribution is -2.38. The zero-order valence-corrected chi connectivity index (χ0v) is 22.4. The number of ether oxygens (including phenoxy) is 2. The van der Waals surface area contributed by atoms with Crippen LogP contribution in [0.2, 0.25) is 0 Å². The van der Waals surface area contributed by atoms with Gasteiger partial charge in [0.25, 0.3) is 0 Å². The number of hydrogen-bond acceptors (Lipinski definition) is 5. The highest BCUT2D eigenvalue weighted by Crippen LogP contribution is 2.16. The SMILES string of the molecule is CCNC(=NCc1cccc(OCCN(C)C2CCOCC2)c1)NCCc1cccs1.I. The van der Waals surface area contributed by atoms with Crippen molar-refractivity contribution < 1.29 is 9.47 Å². The molecule has 1 saturated heterocycles. The summed E-state index contributed by atoms with van der Waals surface area (Å²) < 4.78 is 11.5. The molecule has 0 unspecified atom stereocenters. The number of likely N-dealkylation sites (N-methyl/N-ethyl adjacent to an activating group) is 1. The van der Waals surface area contributed by atoms with E-state index >= 15 is 0 Å². The minimum absolute atomic E-state index is 0. The van der Waals surface area contributed by atoms with Gasteiger partial charge in [0.05, 0.1) is 6.54 Å². The van der Waals surface area contributed by atoms with Crippen LogP contribution in [0.4, 0.5) is 0 Å². The predicted octanol–water partition coefficient (Wildman–Crippen LogP) is 4.15. The topological polar surface area (TPSA) is 58.1 Å². The van der Waals surface area contributed by atoms with Crippen molar-refractivity contribution in [3.8, 4) is 5.75 Å². The third-order valence-electron chi connectivity index (χ3n) is 5.43. The van der Waals surface area contributed by atoms with Crippen LogP contribution in [0.1, 0.15) is 30.2 Å². The predicted molar refractivity (Wildman–Crippen MR) is 145 cm³/mol. The quantitative estimate of drug-likeness (QED) is 0.241. The van der Waals surface area contributed by atoms with Crippen molar-refractivity contribution in [1.82, 2.24) is 15.5 Å². The molecule has 178 valence electrons. The third-order valence-corrected chi connectivity index (χ3v) is 6.37. The largest absolute Gasteiger partial charge is 0.492 e. The molecule has 0 radical (unpaired) electrons. The van der Waals surface area contributed by atoms with Gasteiger partial charge in [-0.25, -0.2) is 4.99 Å². The van der Waals surface area contributed by atoms with E-state index in [1.807, 2.05) is 12.1 Å². The van der Waals surface area contributed by atoms with Crippen LogP contribution >= 0.6 is 35.3 Å². The van der Waals surface area contributed by atoms with E-state index in [1.165, 1.54) is 4.88 Å². The lowest BCUT2D eigenvalue weighted by Gasteiger charge is -2.31. The Morgan fingerprint density at radius 2 is 2.06 bits per heavy atom.